The van der Waals surface area contributed by atoms with Crippen LogP contribution in [0.15, 0.2) is 24.3 Å². The number of benzene rings is 1. The fraction of sp³-hybridized carbons (Fsp3) is 0.300. The lowest BCUT2D eigenvalue weighted by Gasteiger charge is -2.26. The first-order valence-electron chi connectivity index (χ1n) is 4.55. The summed E-state index contributed by atoms with van der Waals surface area (Å²) in [5.41, 5.74) is 0.630. The minimum absolute atomic E-state index is 0. The smallest absolute Gasteiger partial charge is 0.241 e. The topological polar surface area (TPSA) is 41.1 Å². The summed E-state index contributed by atoms with van der Waals surface area (Å²) in [5.74, 6) is -0.354. The van der Waals surface area contributed by atoms with Gasteiger partial charge in [-0.25, -0.2) is 4.39 Å². The highest BCUT2D eigenvalue weighted by atomic mass is 35.5. The van der Waals surface area contributed by atoms with Crippen molar-refractivity contribution < 1.29 is 9.18 Å². The first-order valence-corrected chi connectivity index (χ1v) is 4.55. The molecule has 1 saturated heterocycles. The molecular weight excluding hydrogens is 219 g/mol. The van der Waals surface area contributed by atoms with Crippen molar-refractivity contribution in [3.05, 3.63) is 30.1 Å². The molecule has 82 valence electrons. The molecule has 5 heteroatoms. The standard InChI is InChI=1S/C10H11FN2O.ClH/c11-7-1-3-8(4-2-7)13-10(14)9-5-6-12-9;/h1-4,9,12H,5-6H2,(H,13,14);1H/t9-;/m1./s1. The zero-order valence-electron chi connectivity index (χ0n) is 8.00. The van der Waals surface area contributed by atoms with E-state index in [9.17, 15) is 9.18 Å². The molecule has 0 radical (unpaired) electrons. The van der Waals surface area contributed by atoms with Gasteiger partial charge in [0.1, 0.15) is 5.82 Å². The number of halogens is 2. The number of rotatable bonds is 2. The summed E-state index contributed by atoms with van der Waals surface area (Å²) in [7, 11) is 0. The summed E-state index contributed by atoms with van der Waals surface area (Å²) in [6.45, 7) is 0.890. The molecule has 1 amide bonds. The molecule has 1 atom stereocenters. The van der Waals surface area contributed by atoms with Gasteiger partial charge in [-0.1, -0.05) is 0 Å². The molecule has 1 aliphatic rings. The number of carbonyl (C=O) groups excluding carboxylic acids is 1. The Kier molecular flexibility index (Phi) is 4.05. The van der Waals surface area contributed by atoms with Crippen LogP contribution in [-0.2, 0) is 4.79 Å². The third-order valence-corrected chi connectivity index (χ3v) is 2.25. The van der Waals surface area contributed by atoms with E-state index >= 15 is 0 Å². The van der Waals surface area contributed by atoms with Crippen LogP contribution < -0.4 is 10.6 Å². The average molecular weight is 231 g/mol. The normalized spacial score (nSPS) is 18.6. The highest BCUT2D eigenvalue weighted by molar-refractivity contribution is 5.95. The summed E-state index contributed by atoms with van der Waals surface area (Å²) in [6.07, 6.45) is 0.868. The van der Waals surface area contributed by atoms with Crippen molar-refractivity contribution in [1.82, 2.24) is 5.32 Å². The van der Waals surface area contributed by atoms with Crippen molar-refractivity contribution in [2.45, 2.75) is 12.5 Å². The Morgan fingerprint density at radius 1 is 1.40 bits per heavy atom. The number of anilines is 1. The van der Waals surface area contributed by atoms with Gasteiger partial charge in [0.15, 0.2) is 0 Å². The fourth-order valence-corrected chi connectivity index (χ4v) is 1.28. The molecule has 1 aromatic rings. The molecule has 1 aliphatic heterocycles. The van der Waals surface area contributed by atoms with E-state index in [0.29, 0.717) is 5.69 Å². The third-order valence-electron chi connectivity index (χ3n) is 2.25. The first-order chi connectivity index (χ1) is 6.75. The Bertz CT molecular complexity index is 338. The number of amides is 1. The van der Waals surface area contributed by atoms with Crippen LogP contribution in [0.25, 0.3) is 0 Å². The van der Waals surface area contributed by atoms with Gasteiger partial charge in [0.2, 0.25) is 5.91 Å². The van der Waals surface area contributed by atoms with Crippen LogP contribution >= 0.6 is 12.4 Å². The van der Waals surface area contributed by atoms with Crippen LogP contribution in [0.4, 0.5) is 10.1 Å². The molecule has 0 unspecified atom stereocenters. The Hall–Kier alpha value is -1.13. The van der Waals surface area contributed by atoms with Crippen molar-refractivity contribution in [3.8, 4) is 0 Å². The van der Waals surface area contributed by atoms with Crippen LogP contribution in [-0.4, -0.2) is 18.5 Å². The van der Waals surface area contributed by atoms with E-state index in [1.807, 2.05) is 0 Å². The number of carbonyl (C=O) groups is 1. The zero-order valence-corrected chi connectivity index (χ0v) is 8.81. The minimum Gasteiger partial charge on any atom is -0.325 e. The summed E-state index contributed by atoms with van der Waals surface area (Å²) in [5, 5.41) is 5.69. The Morgan fingerprint density at radius 2 is 2.00 bits per heavy atom. The van der Waals surface area contributed by atoms with Gasteiger partial charge in [-0.2, -0.15) is 0 Å². The molecule has 15 heavy (non-hydrogen) atoms. The van der Waals surface area contributed by atoms with Gasteiger partial charge in [-0.15, -0.1) is 12.4 Å². The molecule has 0 saturated carbocycles. The average Bonchev–Trinajstić information content (AvgIpc) is 2.06. The van der Waals surface area contributed by atoms with Gasteiger partial charge in [0, 0.05) is 5.69 Å². The highest BCUT2D eigenvalue weighted by Gasteiger charge is 2.24. The minimum atomic E-state index is -0.301. The van der Waals surface area contributed by atoms with Crippen molar-refractivity contribution in [2.75, 3.05) is 11.9 Å². The number of hydrogen-bond acceptors (Lipinski definition) is 2. The van der Waals surface area contributed by atoms with Gasteiger partial charge in [-0.05, 0) is 37.2 Å². The molecule has 0 spiro atoms. The highest BCUT2D eigenvalue weighted by Crippen LogP contribution is 2.10. The molecule has 0 bridgehead atoms. The SMILES string of the molecule is Cl.O=C(Nc1ccc(F)cc1)[C@H]1CCN1. The molecule has 1 fully saturated rings. The third kappa shape index (κ3) is 2.91. The predicted octanol–water partition coefficient (Wildman–Crippen LogP) is 1.55. The van der Waals surface area contributed by atoms with Crippen molar-refractivity contribution in [1.29, 1.82) is 0 Å². The van der Waals surface area contributed by atoms with E-state index in [1.165, 1.54) is 12.1 Å². The molecule has 0 aliphatic carbocycles. The number of hydrogen-bond donors (Lipinski definition) is 2. The monoisotopic (exact) mass is 230 g/mol. The van der Waals surface area contributed by atoms with E-state index in [-0.39, 0.29) is 30.2 Å². The molecule has 1 heterocycles. The molecule has 3 nitrogen and oxygen atoms in total. The van der Waals surface area contributed by atoms with E-state index in [2.05, 4.69) is 10.6 Å². The van der Waals surface area contributed by atoms with Crippen molar-refractivity contribution in [3.63, 3.8) is 0 Å². The number of nitrogens with one attached hydrogen (secondary N) is 2. The Labute approximate surface area is 93.5 Å². The van der Waals surface area contributed by atoms with Crippen LogP contribution in [0.1, 0.15) is 6.42 Å². The van der Waals surface area contributed by atoms with Gasteiger partial charge in [-0.3, -0.25) is 4.79 Å². The second-order valence-electron chi connectivity index (χ2n) is 3.29. The van der Waals surface area contributed by atoms with E-state index in [1.54, 1.807) is 12.1 Å². The second kappa shape index (κ2) is 5.09. The molecular formula is C10H12ClFN2O. The van der Waals surface area contributed by atoms with Gasteiger partial charge in [0.25, 0.3) is 0 Å². The fourth-order valence-electron chi connectivity index (χ4n) is 1.28. The second-order valence-corrected chi connectivity index (χ2v) is 3.29. The van der Waals surface area contributed by atoms with Gasteiger partial charge < -0.3 is 10.6 Å². The van der Waals surface area contributed by atoms with Crippen molar-refractivity contribution in [2.24, 2.45) is 0 Å². The Morgan fingerprint density at radius 3 is 2.47 bits per heavy atom. The molecule has 2 N–H and O–H groups in total. The lowest BCUT2D eigenvalue weighted by molar-refractivity contribution is -0.119. The van der Waals surface area contributed by atoms with Gasteiger partial charge >= 0.3 is 0 Å². The van der Waals surface area contributed by atoms with Gasteiger partial charge in [0.05, 0.1) is 6.04 Å². The summed E-state index contributed by atoms with van der Waals surface area (Å²) in [4.78, 5) is 11.4. The summed E-state index contributed by atoms with van der Waals surface area (Å²) >= 11 is 0. The largest absolute Gasteiger partial charge is 0.325 e. The first kappa shape index (κ1) is 11.9. The van der Waals surface area contributed by atoms with E-state index in [4.69, 9.17) is 0 Å². The maximum Gasteiger partial charge on any atom is 0.241 e. The van der Waals surface area contributed by atoms with Crippen LogP contribution in [0.3, 0.4) is 0 Å². The van der Waals surface area contributed by atoms with Crippen LogP contribution in [0.5, 0.6) is 0 Å². The summed E-state index contributed by atoms with van der Waals surface area (Å²) in [6, 6.07) is 5.66. The van der Waals surface area contributed by atoms with E-state index < -0.39 is 0 Å². The molecule has 2 rings (SSSR count). The zero-order chi connectivity index (χ0) is 9.97. The van der Waals surface area contributed by atoms with Crippen molar-refractivity contribution >= 4 is 24.0 Å². The molecule has 1 aromatic carbocycles. The van der Waals surface area contributed by atoms with Crippen LogP contribution in [0, 0.1) is 5.82 Å². The quantitative estimate of drug-likeness (QED) is 0.810. The molecule has 0 aromatic heterocycles. The van der Waals surface area contributed by atoms with Crippen LogP contribution in [0.2, 0.25) is 0 Å². The lowest BCUT2D eigenvalue weighted by atomic mass is 10.1. The maximum atomic E-state index is 12.5. The lowest BCUT2D eigenvalue weighted by Crippen LogP contribution is -2.50. The maximum absolute atomic E-state index is 12.5. The van der Waals surface area contributed by atoms with E-state index in [0.717, 1.165) is 13.0 Å². The summed E-state index contributed by atoms with van der Waals surface area (Å²) < 4.78 is 12.5. The predicted molar refractivity (Wildman–Crippen MR) is 58.7 cm³/mol. The Balaban J connectivity index is 0.00000112.